The maximum Gasteiger partial charge on any atom is 0.248 e. The first-order valence-corrected chi connectivity index (χ1v) is 5.20. The smallest absolute Gasteiger partial charge is 0.248 e. The summed E-state index contributed by atoms with van der Waals surface area (Å²) in [6.45, 7) is 1.73. The van der Waals surface area contributed by atoms with Crippen molar-refractivity contribution in [3.8, 4) is 11.5 Å². The van der Waals surface area contributed by atoms with Gasteiger partial charge in [0.1, 0.15) is 18.1 Å². The van der Waals surface area contributed by atoms with Crippen LogP contribution in [0.15, 0.2) is 18.2 Å². The van der Waals surface area contributed by atoms with E-state index < -0.39 is 5.91 Å². The Bertz CT molecular complexity index is 429. The van der Waals surface area contributed by atoms with Crippen LogP contribution in [0.1, 0.15) is 23.7 Å². The number of nitrogens with two attached hydrogens (primary N) is 1. The molecule has 0 saturated carbocycles. The molecule has 0 unspecified atom stereocenters. The van der Waals surface area contributed by atoms with Crippen molar-refractivity contribution in [2.24, 2.45) is 5.73 Å². The second-order valence-electron chi connectivity index (χ2n) is 3.44. The van der Waals surface area contributed by atoms with E-state index in [1.807, 2.05) is 0 Å². The summed E-state index contributed by atoms with van der Waals surface area (Å²) in [6.07, 6.45) is 0.409. The summed E-state index contributed by atoms with van der Waals surface area (Å²) in [7, 11) is 1.47. The molecule has 1 aromatic rings. The van der Waals surface area contributed by atoms with Gasteiger partial charge in [0.05, 0.1) is 7.11 Å². The van der Waals surface area contributed by atoms with Crippen LogP contribution in [0.3, 0.4) is 0 Å². The maximum absolute atomic E-state index is 11.1. The lowest BCUT2D eigenvalue weighted by molar-refractivity contribution is -0.120. The molecule has 0 aliphatic rings. The minimum atomic E-state index is -0.574. The summed E-state index contributed by atoms with van der Waals surface area (Å²) < 4.78 is 10.3. The SMILES string of the molecule is CCC(=O)COc1cc(OC)cc(C(N)=O)c1. The van der Waals surface area contributed by atoms with Crippen LogP contribution in [0.2, 0.25) is 0 Å². The van der Waals surface area contributed by atoms with Gasteiger partial charge in [-0.1, -0.05) is 6.92 Å². The molecule has 1 rings (SSSR count). The first kappa shape index (κ1) is 13.0. The number of Topliss-reactive ketones (excluding diaryl/α,β-unsaturated/α-hetero) is 1. The van der Waals surface area contributed by atoms with Crippen molar-refractivity contribution < 1.29 is 19.1 Å². The van der Waals surface area contributed by atoms with Crippen LogP contribution in [0.4, 0.5) is 0 Å². The standard InChI is InChI=1S/C12H15NO4/c1-3-9(14)7-17-11-5-8(12(13)15)4-10(6-11)16-2/h4-6H,3,7H2,1-2H3,(H2,13,15). The first-order valence-electron chi connectivity index (χ1n) is 5.20. The molecular weight excluding hydrogens is 222 g/mol. The predicted octanol–water partition coefficient (Wildman–Crippen LogP) is 1.15. The van der Waals surface area contributed by atoms with Gasteiger partial charge in [-0.2, -0.15) is 0 Å². The molecule has 0 saturated heterocycles. The second kappa shape index (κ2) is 5.89. The molecule has 0 fully saturated rings. The molecule has 0 radical (unpaired) electrons. The van der Waals surface area contributed by atoms with Gasteiger partial charge in [0, 0.05) is 18.1 Å². The number of benzene rings is 1. The molecule has 0 aliphatic carbocycles. The van der Waals surface area contributed by atoms with E-state index in [1.165, 1.54) is 19.2 Å². The molecule has 0 spiro atoms. The molecule has 92 valence electrons. The maximum atomic E-state index is 11.1. The Hall–Kier alpha value is -2.04. The Balaban J connectivity index is 2.87. The summed E-state index contributed by atoms with van der Waals surface area (Å²) in [4.78, 5) is 22.2. The van der Waals surface area contributed by atoms with Crippen molar-refractivity contribution in [1.82, 2.24) is 0 Å². The van der Waals surface area contributed by atoms with Crippen molar-refractivity contribution >= 4 is 11.7 Å². The quantitative estimate of drug-likeness (QED) is 0.805. The van der Waals surface area contributed by atoms with Crippen LogP contribution >= 0.6 is 0 Å². The average molecular weight is 237 g/mol. The van der Waals surface area contributed by atoms with E-state index in [4.69, 9.17) is 15.2 Å². The molecule has 2 N–H and O–H groups in total. The van der Waals surface area contributed by atoms with Gasteiger partial charge < -0.3 is 15.2 Å². The predicted molar refractivity (Wildman–Crippen MR) is 62.3 cm³/mol. The fraction of sp³-hybridized carbons (Fsp3) is 0.333. The average Bonchev–Trinajstić information content (AvgIpc) is 2.35. The van der Waals surface area contributed by atoms with E-state index in [0.29, 0.717) is 17.9 Å². The fourth-order valence-electron chi connectivity index (χ4n) is 1.18. The summed E-state index contributed by atoms with van der Waals surface area (Å²) >= 11 is 0. The Morgan fingerprint density at radius 3 is 2.41 bits per heavy atom. The number of hydrogen-bond acceptors (Lipinski definition) is 4. The highest BCUT2D eigenvalue weighted by molar-refractivity contribution is 5.93. The summed E-state index contributed by atoms with van der Waals surface area (Å²) in [6, 6.07) is 4.58. The van der Waals surface area contributed by atoms with Gasteiger partial charge in [0.25, 0.3) is 0 Å². The highest BCUT2D eigenvalue weighted by Crippen LogP contribution is 2.22. The lowest BCUT2D eigenvalue weighted by Gasteiger charge is -2.08. The van der Waals surface area contributed by atoms with Gasteiger partial charge >= 0.3 is 0 Å². The molecular formula is C12H15NO4. The van der Waals surface area contributed by atoms with E-state index in [9.17, 15) is 9.59 Å². The van der Waals surface area contributed by atoms with Crippen LogP contribution in [-0.4, -0.2) is 25.4 Å². The molecule has 0 bridgehead atoms. The van der Waals surface area contributed by atoms with Crippen LogP contribution in [-0.2, 0) is 4.79 Å². The monoisotopic (exact) mass is 237 g/mol. The number of ketones is 1. The highest BCUT2D eigenvalue weighted by Gasteiger charge is 2.08. The highest BCUT2D eigenvalue weighted by atomic mass is 16.5. The molecule has 0 heterocycles. The van der Waals surface area contributed by atoms with Crippen LogP contribution in [0.5, 0.6) is 11.5 Å². The number of hydrogen-bond donors (Lipinski definition) is 1. The van der Waals surface area contributed by atoms with E-state index >= 15 is 0 Å². The Labute approximate surface area is 99.5 Å². The van der Waals surface area contributed by atoms with Gasteiger partial charge in [0.15, 0.2) is 5.78 Å². The number of amides is 1. The first-order chi connectivity index (χ1) is 8.06. The molecule has 5 heteroatoms. The van der Waals surface area contributed by atoms with Crippen molar-refractivity contribution in [2.45, 2.75) is 13.3 Å². The number of carbonyl (C=O) groups is 2. The number of ether oxygens (including phenoxy) is 2. The molecule has 0 aliphatic heterocycles. The zero-order valence-corrected chi connectivity index (χ0v) is 9.86. The number of methoxy groups -OCH3 is 1. The van der Waals surface area contributed by atoms with Crippen LogP contribution in [0.25, 0.3) is 0 Å². The van der Waals surface area contributed by atoms with Gasteiger partial charge in [-0.15, -0.1) is 0 Å². The van der Waals surface area contributed by atoms with Crippen molar-refractivity contribution in [3.05, 3.63) is 23.8 Å². The third-order valence-electron chi connectivity index (χ3n) is 2.19. The minimum Gasteiger partial charge on any atom is -0.497 e. The molecule has 5 nitrogen and oxygen atoms in total. The van der Waals surface area contributed by atoms with Gasteiger partial charge in [-0.3, -0.25) is 9.59 Å². The number of carbonyl (C=O) groups excluding carboxylic acids is 2. The van der Waals surface area contributed by atoms with Gasteiger partial charge in [-0.05, 0) is 12.1 Å². The largest absolute Gasteiger partial charge is 0.497 e. The third kappa shape index (κ3) is 3.79. The molecule has 0 aromatic heterocycles. The Morgan fingerprint density at radius 1 is 1.24 bits per heavy atom. The Kier molecular flexibility index (Phi) is 4.51. The second-order valence-corrected chi connectivity index (χ2v) is 3.44. The van der Waals surface area contributed by atoms with Gasteiger partial charge in [-0.25, -0.2) is 0 Å². The minimum absolute atomic E-state index is 0.0200. The van der Waals surface area contributed by atoms with E-state index in [-0.39, 0.29) is 18.0 Å². The molecule has 17 heavy (non-hydrogen) atoms. The van der Waals surface area contributed by atoms with Crippen molar-refractivity contribution in [1.29, 1.82) is 0 Å². The summed E-state index contributed by atoms with van der Waals surface area (Å²) in [5.74, 6) is 0.254. The molecule has 0 atom stereocenters. The summed E-state index contributed by atoms with van der Waals surface area (Å²) in [5.41, 5.74) is 5.45. The van der Waals surface area contributed by atoms with E-state index in [0.717, 1.165) is 0 Å². The Morgan fingerprint density at radius 2 is 1.88 bits per heavy atom. The molecule has 1 amide bonds. The van der Waals surface area contributed by atoms with Crippen molar-refractivity contribution in [3.63, 3.8) is 0 Å². The zero-order valence-electron chi connectivity index (χ0n) is 9.86. The number of rotatable bonds is 6. The van der Waals surface area contributed by atoms with Gasteiger partial charge in [0.2, 0.25) is 5.91 Å². The number of primary amides is 1. The molecule has 1 aromatic carbocycles. The van der Waals surface area contributed by atoms with Crippen LogP contribution < -0.4 is 15.2 Å². The third-order valence-corrected chi connectivity index (χ3v) is 2.19. The normalized spacial score (nSPS) is 9.76. The lowest BCUT2D eigenvalue weighted by Crippen LogP contribution is -2.13. The fourth-order valence-corrected chi connectivity index (χ4v) is 1.18. The van der Waals surface area contributed by atoms with E-state index in [1.54, 1.807) is 13.0 Å². The van der Waals surface area contributed by atoms with Crippen LogP contribution in [0, 0.1) is 0 Å². The van der Waals surface area contributed by atoms with Crippen molar-refractivity contribution in [2.75, 3.05) is 13.7 Å². The summed E-state index contributed by atoms with van der Waals surface area (Å²) in [5, 5.41) is 0. The lowest BCUT2D eigenvalue weighted by atomic mass is 10.2. The topological polar surface area (TPSA) is 78.6 Å². The van der Waals surface area contributed by atoms with E-state index in [2.05, 4.69) is 0 Å². The zero-order chi connectivity index (χ0) is 12.8.